The van der Waals surface area contributed by atoms with E-state index in [4.69, 9.17) is 5.73 Å². The molecule has 0 bridgehead atoms. The monoisotopic (exact) mass is 156 g/mol. The van der Waals surface area contributed by atoms with E-state index in [1.54, 1.807) is 6.92 Å². The Balaban J connectivity index is 4.05. The van der Waals surface area contributed by atoms with Crippen LogP contribution in [0.25, 0.3) is 0 Å². The first-order chi connectivity index (χ1) is 5.09. The fourth-order valence-electron chi connectivity index (χ4n) is 0.630. The predicted octanol–water partition coefficient (Wildman–Crippen LogP) is 0.765. The molecule has 0 aromatic heterocycles. The summed E-state index contributed by atoms with van der Waals surface area (Å²) in [4.78, 5) is 10.6. The van der Waals surface area contributed by atoms with Crippen LogP contribution >= 0.6 is 0 Å². The van der Waals surface area contributed by atoms with Gasteiger partial charge >= 0.3 is 0 Å². The summed E-state index contributed by atoms with van der Waals surface area (Å²) in [6.07, 6.45) is 1.05. The summed E-state index contributed by atoms with van der Waals surface area (Å²) in [6.45, 7) is 6.53. The fraction of sp³-hybridized carbons (Fsp3) is 0.625. The molecule has 0 aliphatic heterocycles. The molecule has 0 spiro atoms. The van der Waals surface area contributed by atoms with Gasteiger partial charge in [0.2, 0.25) is 5.91 Å². The van der Waals surface area contributed by atoms with E-state index < -0.39 is 0 Å². The van der Waals surface area contributed by atoms with Gasteiger partial charge < -0.3 is 11.1 Å². The zero-order valence-corrected chi connectivity index (χ0v) is 7.40. The normalized spacial score (nSPS) is 12.3. The Morgan fingerprint density at radius 1 is 1.45 bits per heavy atom. The van der Waals surface area contributed by atoms with Crippen molar-refractivity contribution in [3.63, 3.8) is 0 Å². The number of hydrogen-bond donors (Lipinski definition) is 2. The molecular weight excluding hydrogens is 140 g/mol. The van der Waals surface area contributed by atoms with E-state index in [2.05, 4.69) is 12.2 Å². The Bertz CT molecular complexity index is 173. The van der Waals surface area contributed by atoms with E-state index in [0.29, 0.717) is 5.57 Å². The molecule has 1 amide bonds. The van der Waals surface area contributed by atoms with Crippen LogP contribution in [0.4, 0.5) is 0 Å². The lowest BCUT2D eigenvalue weighted by Gasteiger charge is -2.06. The highest BCUT2D eigenvalue weighted by molar-refractivity contribution is 5.91. The summed E-state index contributed by atoms with van der Waals surface area (Å²) in [5.41, 5.74) is 6.56. The highest BCUT2D eigenvalue weighted by Crippen LogP contribution is 1.97. The maximum Gasteiger partial charge on any atom is 0.246 e. The minimum Gasteiger partial charge on any atom is -0.388 e. The summed E-state index contributed by atoms with van der Waals surface area (Å²) >= 11 is 0. The van der Waals surface area contributed by atoms with Crippen LogP contribution in [-0.4, -0.2) is 12.5 Å². The lowest BCUT2D eigenvalue weighted by atomic mass is 10.2. The number of hydrogen-bond acceptors (Lipinski definition) is 2. The average molecular weight is 156 g/mol. The van der Waals surface area contributed by atoms with E-state index in [1.165, 1.54) is 0 Å². The van der Waals surface area contributed by atoms with Crippen molar-refractivity contribution in [2.45, 2.75) is 27.2 Å². The molecule has 0 radical (unpaired) electrons. The molecule has 0 heterocycles. The van der Waals surface area contributed by atoms with Crippen LogP contribution in [0.5, 0.6) is 0 Å². The average Bonchev–Trinajstić information content (AvgIpc) is 1.98. The third-order valence-electron chi connectivity index (χ3n) is 1.57. The summed E-state index contributed by atoms with van der Waals surface area (Å²) in [7, 11) is 0. The second-order valence-electron chi connectivity index (χ2n) is 2.54. The fourth-order valence-corrected chi connectivity index (χ4v) is 0.630. The largest absolute Gasteiger partial charge is 0.388 e. The van der Waals surface area contributed by atoms with Crippen molar-refractivity contribution in [3.05, 3.63) is 11.3 Å². The molecule has 0 aliphatic carbocycles. The van der Waals surface area contributed by atoms with Gasteiger partial charge in [0.15, 0.2) is 0 Å². The third-order valence-corrected chi connectivity index (χ3v) is 1.57. The van der Waals surface area contributed by atoms with Gasteiger partial charge in [-0.3, -0.25) is 4.79 Å². The first-order valence-electron chi connectivity index (χ1n) is 3.80. The maximum absolute atomic E-state index is 10.6. The number of allylic oxidation sites excluding steroid dienone is 1. The van der Waals surface area contributed by atoms with E-state index in [1.807, 2.05) is 6.92 Å². The topological polar surface area (TPSA) is 55.1 Å². The second-order valence-corrected chi connectivity index (χ2v) is 2.54. The highest BCUT2D eigenvalue weighted by atomic mass is 16.1. The van der Waals surface area contributed by atoms with Gasteiger partial charge in [-0.25, -0.2) is 0 Å². The molecular formula is C8H16N2O. The Morgan fingerprint density at radius 3 is 2.36 bits per heavy atom. The molecule has 0 atom stereocenters. The van der Waals surface area contributed by atoms with E-state index in [9.17, 15) is 4.79 Å². The molecule has 0 aromatic rings. The minimum absolute atomic E-state index is 0.355. The summed E-state index contributed by atoms with van der Waals surface area (Å²) < 4.78 is 0. The van der Waals surface area contributed by atoms with Crippen LogP contribution in [0, 0.1) is 0 Å². The van der Waals surface area contributed by atoms with Crippen molar-refractivity contribution in [2.75, 3.05) is 6.54 Å². The van der Waals surface area contributed by atoms with Crippen molar-refractivity contribution in [1.82, 2.24) is 5.32 Å². The lowest BCUT2D eigenvalue weighted by Crippen LogP contribution is -2.20. The standard InChI is InChI=1S/C8H16N2O/c1-4-5-10-7(3)6(2)8(9)11/h10H,4-5H2,1-3H3,(H2,9,11)/b7-6-. The van der Waals surface area contributed by atoms with Gasteiger partial charge in [-0.15, -0.1) is 0 Å². The minimum atomic E-state index is -0.355. The van der Waals surface area contributed by atoms with Gasteiger partial charge in [0.05, 0.1) is 0 Å². The van der Waals surface area contributed by atoms with Gasteiger partial charge in [0.1, 0.15) is 0 Å². The quantitative estimate of drug-likeness (QED) is 0.590. The summed E-state index contributed by atoms with van der Waals surface area (Å²) in [5.74, 6) is -0.355. The molecule has 0 aromatic carbocycles. The molecule has 64 valence electrons. The number of rotatable bonds is 4. The first-order valence-corrected chi connectivity index (χ1v) is 3.80. The van der Waals surface area contributed by atoms with Crippen LogP contribution in [0.15, 0.2) is 11.3 Å². The van der Waals surface area contributed by atoms with Gasteiger partial charge in [-0.05, 0) is 20.3 Å². The zero-order valence-electron chi connectivity index (χ0n) is 7.40. The molecule has 0 rings (SSSR count). The van der Waals surface area contributed by atoms with Crippen molar-refractivity contribution in [2.24, 2.45) is 5.73 Å². The molecule has 3 N–H and O–H groups in total. The smallest absolute Gasteiger partial charge is 0.246 e. The van der Waals surface area contributed by atoms with E-state index >= 15 is 0 Å². The van der Waals surface area contributed by atoms with Crippen molar-refractivity contribution in [1.29, 1.82) is 0 Å². The van der Waals surface area contributed by atoms with Crippen molar-refractivity contribution >= 4 is 5.91 Å². The molecule has 0 fully saturated rings. The van der Waals surface area contributed by atoms with Gasteiger partial charge in [0.25, 0.3) is 0 Å². The first kappa shape index (κ1) is 10.0. The highest BCUT2D eigenvalue weighted by Gasteiger charge is 2.00. The lowest BCUT2D eigenvalue weighted by molar-refractivity contribution is -0.114. The molecule has 3 heteroatoms. The zero-order chi connectivity index (χ0) is 8.85. The van der Waals surface area contributed by atoms with Crippen molar-refractivity contribution < 1.29 is 4.79 Å². The number of carbonyl (C=O) groups is 1. The molecule has 0 aliphatic rings. The van der Waals surface area contributed by atoms with Gasteiger partial charge in [0, 0.05) is 17.8 Å². The number of primary amides is 1. The molecule has 11 heavy (non-hydrogen) atoms. The van der Waals surface area contributed by atoms with E-state index in [-0.39, 0.29) is 5.91 Å². The number of amides is 1. The number of nitrogens with one attached hydrogen (secondary N) is 1. The Kier molecular flexibility index (Phi) is 4.34. The molecule has 0 saturated heterocycles. The molecule has 0 unspecified atom stereocenters. The second kappa shape index (κ2) is 4.77. The van der Waals surface area contributed by atoms with Crippen LogP contribution in [0.1, 0.15) is 27.2 Å². The van der Waals surface area contributed by atoms with Crippen molar-refractivity contribution in [3.8, 4) is 0 Å². The van der Waals surface area contributed by atoms with Crippen LogP contribution < -0.4 is 11.1 Å². The number of nitrogens with two attached hydrogens (primary N) is 1. The molecule has 3 nitrogen and oxygen atoms in total. The van der Waals surface area contributed by atoms with Crippen LogP contribution in [0.3, 0.4) is 0 Å². The van der Waals surface area contributed by atoms with Crippen LogP contribution in [0.2, 0.25) is 0 Å². The van der Waals surface area contributed by atoms with Gasteiger partial charge in [-0.2, -0.15) is 0 Å². The maximum atomic E-state index is 10.6. The predicted molar refractivity (Wildman–Crippen MR) is 45.9 cm³/mol. The van der Waals surface area contributed by atoms with Crippen LogP contribution in [-0.2, 0) is 4.79 Å². The summed E-state index contributed by atoms with van der Waals surface area (Å²) in [5, 5.41) is 3.09. The Morgan fingerprint density at radius 2 is 2.00 bits per heavy atom. The van der Waals surface area contributed by atoms with Gasteiger partial charge in [-0.1, -0.05) is 6.92 Å². The Labute approximate surface area is 67.7 Å². The number of carbonyl (C=O) groups excluding carboxylic acids is 1. The summed E-state index contributed by atoms with van der Waals surface area (Å²) in [6, 6.07) is 0. The third kappa shape index (κ3) is 3.65. The Hall–Kier alpha value is -0.990. The van der Waals surface area contributed by atoms with E-state index in [0.717, 1.165) is 18.7 Å². The molecule has 0 saturated carbocycles. The SMILES string of the molecule is CCCN/C(C)=C(/C)C(N)=O.